The molecule has 0 amide bonds. The van der Waals surface area contributed by atoms with Crippen LogP contribution in [0.2, 0.25) is 0 Å². The van der Waals surface area contributed by atoms with E-state index >= 15 is 0 Å². The SMILES string of the molecule is CN1[C@@H]2CC[C@H]1CC(OC(=O)CC(C)(C)O)C2. The normalized spacial score (nSPS) is 33.8. The van der Waals surface area contributed by atoms with Gasteiger partial charge >= 0.3 is 5.97 Å². The third-order valence-corrected chi connectivity index (χ3v) is 3.93. The lowest BCUT2D eigenvalue weighted by Gasteiger charge is -2.36. The first kappa shape index (κ1) is 12.8. The van der Waals surface area contributed by atoms with E-state index in [9.17, 15) is 9.90 Å². The average molecular weight is 241 g/mol. The molecule has 2 aliphatic heterocycles. The predicted octanol–water partition coefficient (Wildman–Crippen LogP) is 1.32. The Morgan fingerprint density at radius 1 is 1.35 bits per heavy atom. The Labute approximate surface area is 103 Å². The van der Waals surface area contributed by atoms with Crippen LogP contribution in [0.25, 0.3) is 0 Å². The minimum absolute atomic E-state index is 0.0542. The molecule has 0 aliphatic carbocycles. The van der Waals surface area contributed by atoms with Crippen molar-refractivity contribution in [3.05, 3.63) is 0 Å². The minimum Gasteiger partial charge on any atom is -0.462 e. The number of hydrogen-bond donors (Lipinski definition) is 1. The summed E-state index contributed by atoms with van der Waals surface area (Å²) in [6.45, 7) is 3.26. The van der Waals surface area contributed by atoms with Crippen LogP contribution in [0.5, 0.6) is 0 Å². The summed E-state index contributed by atoms with van der Waals surface area (Å²) >= 11 is 0. The molecule has 2 rings (SSSR count). The average Bonchev–Trinajstić information content (AvgIpc) is 2.42. The molecule has 0 saturated carbocycles. The standard InChI is InChI=1S/C13H23NO3/c1-13(2,16)8-12(15)17-11-6-9-4-5-10(7-11)14(9)3/h9-11,16H,4-8H2,1-3H3/t9-,10+,11?. The van der Waals surface area contributed by atoms with E-state index in [1.54, 1.807) is 13.8 Å². The lowest BCUT2D eigenvalue weighted by molar-refractivity contribution is -0.156. The van der Waals surface area contributed by atoms with E-state index in [0.29, 0.717) is 12.1 Å². The first-order chi connectivity index (χ1) is 7.85. The van der Waals surface area contributed by atoms with E-state index in [4.69, 9.17) is 4.74 Å². The third kappa shape index (κ3) is 3.19. The second kappa shape index (κ2) is 4.58. The fraction of sp³-hybridized carbons (Fsp3) is 0.923. The van der Waals surface area contributed by atoms with Crippen molar-refractivity contribution in [3.8, 4) is 0 Å². The van der Waals surface area contributed by atoms with Crippen molar-refractivity contribution < 1.29 is 14.6 Å². The number of carbonyl (C=O) groups excluding carboxylic acids is 1. The van der Waals surface area contributed by atoms with Gasteiger partial charge in [0.1, 0.15) is 6.10 Å². The molecule has 1 N–H and O–H groups in total. The second-order valence-electron chi connectivity index (χ2n) is 6.12. The summed E-state index contributed by atoms with van der Waals surface area (Å²) in [4.78, 5) is 14.1. The highest BCUT2D eigenvalue weighted by Gasteiger charge is 2.40. The molecule has 0 aromatic carbocycles. The maximum Gasteiger partial charge on any atom is 0.308 e. The smallest absolute Gasteiger partial charge is 0.308 e. The summed E-state index contributed by atoms with van der Waals surface area (Å²) in [5, 5.41) is 9.57. The van der Waals surface area contributed by atoms with Crippen molar-refractivity contribution >= 4 is 5.97 Å². The van der Waals surface area contributed by atoms with E-state index in [1.807, 2.05) is 0 Å². The molecule has 17 heavy (non-hydrogen) atoms. The van der Waals surface area contributed by atoms with Crippen LogP contribution in [-0.4, -0.2) is 46.8 Å². The van der Waals surface area contributed by atoms with Gasteiger partial charge in [0.2, 0.25) is 0 Å². The lowest BCUT2D eigenvalue weighted by atomic mass is 10.00. The zero-order valence-corrected chi connectivity index (χ0v) is 11.0. The summed E-state index contributed by atoms with van der Waals surface area (Å²) in [5.74, 6) is -0.272. The number of fused-ring (bicyclic) bond motifs is 2. The molecular formula is C13H23NO3. The number of piperidine rings is 1. The largest absolute Gasteiger partial charge is 0.462 e. The topological polar surface area (TPSA) is 49.8 Å². The number of ether oxygens (including phenoxy) is 1. The Hall–Kier alpha value is -0.610. The van der Waals surface area contributed by atoms with Crippen LogP contribution in [0.4, 0.5) is 0 Å². The van der Waals surface area contributed by atoms with Gasteiger partial charge in [-0.15, -0.1) is 0 Å². The van der Waals surface area contributed by atoms with Crippen molar-refractivity contribution in [2.45, 2.75) is 69.7 Å². The Kier molecular flexibility index (Phi) is 3.46. The Bertz CT molecular complexity index is 284. The highest BCUT2D eigenvalue weighted by Crippen LogP contribution is 2.35. The number of esters is 1. The molecule has 3 atom stereocenters. The number of aliphatic hydroxyl groups is 1. The maximum absolute atomic E-state index is 11.6. The van der Waals surface area contributed by atoms with Crippen molar-refractivity contribution in [2.24, 2.45) is 0 Å². The van der Waals surface area contributed by atoms with Gasteiger partial charge in [0, 0.05) is 12.1 Å². The van der Waals surface area contributed by atoms with Gasteiger partial charge in [-0.2, -0.15) is 0 Å². The molecule has 1 unspecified atom stereocenters. The van der Waals surface area contributed by atoms with Crippen LogP contribution in [0, 0.1) is 0 Å². The molecule has 2 bridgehead atoms. The van der Waals surface area contributed by atoms with Crippen LogP contribution >= 0.6 is 0 Å². The number of rotatable bonds is 3. The van der Waals surface area contributed by atoms with E-state index in [1.165, 1.54) is 12.8 Å². The maximum atomic E-state index is 11.6. The summed E-state index contributed by atoms with van der Waals surface area (Å²) < 4.78 is 5.47. The fourth-order valence-electron chi connectivity index (χ4n) is 3.04. The molecule has 0 radical (unpaired) electrons. The molecule has 0 aromatic heterocycles. The molecule has 0 aromatic rings. The van der Waals surface area contributed by atoms with Gasteiger partial charge in [-0.05, 0) is 46.6 Å². The fourth-order valence-corrected chi connectivity index (χ4v) is 3.04. The summed E-state index contributed by atoms with van der Waals surface area (Å²) in [5.41, 5.74) is -0.971. The van der Waals surface area contributed by atoms with Gasteiger partial charge in [0.25, 0.3) is 0 Å². The van der Waals surface area contributed by atoms with Crippen molar-refractivity contribution in [3.63, 3.8) is 0 Å². The third-order valence-electron chi connectivity index (χ3n) is 3.93. The van der Waals surface area contributed by atoms with Crippen LogP contribution in [0.15, 0.2) is 0 Å². The molecule has 2 saturated heterocycles. The monoisotopic (exact) mass is 241 g/mol. The van der Waals surface area contributed by atoms with E-state index < -0.39 is 5.60 Å². The number of hydrogen-bond acceptors (Lipinski definition) is 4. The van der Waals surface area contributed by atoms with Crippen molar-refractivity contribution in [1.29, 1.82) is 0 Å². The Morgan fingerprint density at radius 2 is 1.88 bits per heavy atom. The molecule has 98 valence electrons. The molecule has 2 aliphatic rings. The molecule has 2 heterocycles. The first-order valence-electron chi connectivity index (χ1n) is 6.49. The van der Waals surface area contributed by atoms with Crippen LogP contribution < -0.4 is 0 Å². The van der Waals surface area contributed by atoms with E-state index in [-0.39, 0.29) is 18.5 Å². The molecule has 4 nitrogen and oxygen atoms in total. The zero-order chi connectivity index (χ0) is 12.6. The van der Waals surface area contributed by atoms with Crippen LogP contribution in [0.1, 0.15) is 46.0 Å². The molecule has 2 fully saturated rings. The second-order valence-corrected chi connectivity index (χ2v) is 6.12. The van der Waals surface area contributed by atoms with E-state index in [0.717, 1.165) is 12.8 Å². The quantitative estimate of drug-likeness (QED) is 0.757. The van der Waals surface area contributed by atoms with Gasteiger partial charge in [-0.25, -0.2) is 0 Å². The van der Waals surface area contributed by atoms with Gasteiger partial charge in [-0.1, -0.05) is 0 Å². The summed E-state index contributed by atoms with van der Waals surface area (Å²) in [7, 11) is 2.16. The predicted molar refractivity (Wildman–Crippen MR) is 64.6 cm³/mol. The Morgan fingerprint density at radius 3 is 2.35 bits per heavy atom. The summed E-state index contributed by atoms with van der Waals surface area (Å²) in [6, 6.07) is 1.15. The van der Waals surface area contributed by atoms with Gasteiger partial charge < -0.3 is 14.7 Å². The first-order valence-corrected chi connectivity index (χ1v) is 6.49. The molecule has 4 heteroatoms. The zero-order valence-electron chi connectivity index (χ0n) is 11.0. The molecular weight excluding hydrogens is 218 g/mol. The highest BCUT2D eigenvalue weighted by atomic mass is 16.5. The Balaban J connectivity index is 1.83. The van der Waals surface area contributed by atoms with Crippen LogP contribution in [0.3, 0.4) is 0 Å². The van der Waals surface area contributed by atoms with Gasteiger partial charge in [-0.3, -0.25) is 4.79 Å². The number of nitrogens with zero attached hydrogens (tertiary/aromatic N) is 1. The van der Waals surface area contributed by atoms with E-state index in [2.05, 4.69) is 11.9 Å². The molecule has 0 spiro atoms. The van der Waals surface area contributed by atoms with Crippen LogP contribution in [-0.2, 0) is 9.53 Å². The van der Waals surface area contributed by atoms with Crippen molar-refractivity contribution in [1.82, 2.24) is 4.90 Å². The van der Waals surface area contributed by atoms with Gasteiger partial charge in [0.05, 0.1) is 12.0 Å². The summed E-state index contributed by atoms with van der Waals surface area (Å²) in [6.07, 6.45) is 4.48. The lowest BCUT2D eigenvalue weighted by Crippen LogP contribution is -2.43. The number of carbonyl (C=O) groups is 1. The minimum atomic E-state index is -0.971. The van der Waals surface area contributed by atoms with Crippen molar-refractivity contribution in [2.75, 3.05) is 7.05 Å². The van der Waals surface area contributed by atoms with Gasteiger partial charge in [0.15, 0.2) is 0 Å². The highest BCUT2D eigenvalue weighted by molar-refractivity contribution is 5.70.